The zero-order valence-corrected chi connectivity index (χ0v) is 12.7. The van der Waals surface area contributed by atoms with E-state index in [4.69, 9.17) is 11.6 Å². The predicted molar refractivity (Wildman–Crippen MR) is 87.9 cm³/mol. The quantitative estimate of drug-likeness (QED) is 0.664. The van der Waals surface area contributed by atoms with Crippen LogP contribution in [0.3, 0.4) is 0 Å². The number of aromatic nitrogens is 2. The lowest BCUT2D eigenvalue weighted by atomic mass is 10.2. The Bertz CT molecular complexity index is 753. The second-order valence-corrected chi connectivity index (χ2v) is 5.93. The summed E-state index contributed by atoms with van der Waals surface area (Å²) in [7, 11) is 0. The molecule has 0 aliphatic carbocycles. The van der Waals surface area contributed by atoms with Crippen molar-refractivity contribution >= 4 is 34.3 Å². The van der Waals surface area contributed by atoms with E-state index in [1.165, 1.54) is 16.9 Å². The molecule has 104 valence electrons. The van der Waals surface area contributed by atoms with Gasteiger partial charge in [-0.1, -0.05) is 65.4 Å². The van der Waals surface area contributed by atoms with Crippen molar-refractivity contribution in [1.29, 1.82) is 0 Å². The Labute approximate surface area is 132 Å². The summed E-state index contributed by atoms with van der Waals surface area (Å²) in [6, 6.07) is 17.7. The van der Waals surface area contributed by atoms with Gasteiger partial charge in [0.15, 0.2) is 0 Å². The number of rotatable bonds is 4. The number of hydrogen-bond donors (Lipinski definition) is 0. The standard InChI is InChI=1S/C16H12ClN3S/c17-14-8-4-7-13(9-14)11-18-16-20-19-15(21-16)10-12-5-2-1-3-6-12/h1-9,11H,10H2. The normalized spacial score (nSPS) is 11.1. The van der Waals surface area contributed by atoms with Crippen LogP contribution < -0.4 is 0 Å². The molecule has 0 unspecified atom stereocenters. The summed E-state index contributed by atoms with van der Waals surface area (Å²) in [6.45, 7) is 0. The molecule has 3 aromatic rings. The van der Waals surface area contributed by atoms with Gasteiger partial charge in [0.25, 0.3) is 0 Å². The molecule has 0 saturated carbocycles. The van der Waals surface area contributed by atoms with Gasteiger partial charge in [0.05, 0.1) is 0 Å². The fraction of sp³-hybridized carbons (Fsp3) is 0.0625. The van der Waals surface area contributed by atoms with Gasteiger partial charge in [0.1, 0.15) is 5.01 Å². The number of benzene rings is 2. The van der Waals surface area contributed by atoms with Crippen LogP contribution in [-0.4, -0.2) is 16.4 Å². The average molecular weight is 314 g/mol. The zero-order valence-electron chi connectivity index (χ0n) is 11.1. The number of nitrogens with zero attached hydrogens (tertiary/aromatic N) is 3. The Morgan fingerprint density at radius 3 is 2.71 bits per heavy atom. The Balaban J connectivity index is 1.70. The topological polar surface area (TPSA) is 38.1 Å². The van der Waals surface area contributed by atoms with E-state index in [0.29, 0.717) is 10.2 Å². The smallest absolute Gasteiger partial charge is 0.226 e. The molecule has 0 aliphatic heterocycles. The summed E-state index contributed by atoms with van der Waals surface area (Å²) < 4.78 is 0. The van der Waals surface area contributed by atoms with Gasteiger partial charge in [0, 0.05) is 17.7 Å². The Hall–Kier alpha value is -2.04. The molecular formula is C16H12ClN3S. The van der Waals surface area contributed by atoms with Crippen LogP contribution in [0.4, 0.5) is 5.13 Å². The Morgan fingerprint density at radius 2 is 1.90 bits per heavy atom. The van der Waals surface area contributed by atoms with Crippen molar-refractivity contribution in [3.8, 4) is 0 Å². The molecule has 0 atom stereocenters. The lowest BCUT2D eigenvalue weighted by molar-refractivity contribution is 1.00. The van der Waals surface area contributed by atoms with Gasteiger partial charge in [-0.3, -0.25) is 0 Å². The molecule has 0 bridgehead atoms. The molecule has 0 aliphatic rings. The first-order valence-corrected chi connectivity index (χ1v) is 7.65. The van der Waals surface area contributed by atoms with E-state index < -0.39 is 0 Å². The number of aliphatic imine (C=N–C) groups is 1. The highest BCUT2D eigenvalue weighted by atomic mass is 35.5. The summed E-state index contributed by atoms with van der Waals surface area (Å²) in [5.74, 6) is 0. The van der Waals surface area contributed by atoms with E-state index in [0.717, 1.165) is 17.0 Å². The molecule has 3 rings (SSSR count). The van der Waals surface area contributed by atoms with E-state index in [2.05, 4.69) is 27.3 Å². The highest BCUT2D eigenvalue weighted by Crippen LogP contribution is 2.21. The molecule has 2 aromatic carbocycles. The predicted octanol–water partition coefficient (Wildman–Crippen LogP) is 4.53. The summed E-state index contributed by atoms with van der Waals surface area (Å²) >= 11 is 7.43. The lowest BCUT2D eigenvalue weighted by Gasteiger charge is -1.94. The van der Waals surface area contributed by atoms with Crippen molar-refractivity contribution in [1.82, 2.24) is 10.2 Å². The molecule has 3 nitrogen and oxygen atoms in total. The second-order valence-electron chi connectivity index (χ2n) is 4.45. The number of halogens is 1. The van der Waals surface area contributed by atoms with Gasteiger partial charge >= 0.3 is 0 Å². The van der Waals surface area contributed by atoms with Crippen LogP contribution >= 0.6 is 22.9 Å². The van der Waals surface area contributed by atoms with E-state index in [1.54, 1.807) is 6.21 Å². The first-order valence-electron chi connectivity index (χ1n) is 6.45. The van der Waals surface area contributed by atoms with Crippen LogP contribution in [0, 0.1) is 0 Å². The third kappa shape index (κ3) is 3.97. The first-order chi connectivity index (χ1) is 10.3. The van der Waals surface area contributed by atoms with E-state index >= 15 is 0 Å². The maximum Gasteiger partial charge on any atom is 0.231 e. The molecule has 1 heterocycles. The van der Waals surface area contributed by atoms with Gasteiger partial charge in [0.2, 0.25) is 5.13 Å². The Kier molecular flexibility index (Phi) is 4.38. The molecule has 0 radical (unpaired) electrons. The lowest BCUT2D eigenvalue weighted by Crippen LogP contribution is -1.85. The maximum absolute atomic E-state index is 5.93. The second kappa shape index (κ2) is 6.61. The fourth-order valence-corrected chi connectivity index (χ4v) is 2.77. The molecule has 0 amide bonds. The summed E-state index contributed by atoms with van der Waals surface area (Å²) in [6.07, 6.45) is 2.53. The molecule has 21 heavy (non-hydrogen) atoms. The summed E-state index contributed by atoms with van der Waals surface area (Å²) in [5.41, 5.74) is 2.17. The number of hydrogen-bond acceptors (Lipinski definition) is 4. The monoisotopic (exact) mass is 313 g/mol. The molecule has 0 N–H and O–H groups in total. The highest BCUT2D eigenvalue weighted by molar-refractivity contribution is 7.15. The molecular weight excluding hydrogens is 302 g/mol. The third-order valence-electron chi connectivity index (χ3n) is 2.83. The van der Waals surface area contributed by atoms with Crippen molar-refractivity contribution in [3.05, 3.63) is 75.8 Å². The van der Waals surface area contributed by atoms with Crippen LogP contribution in [0.2, 0.25) is 5.02 Å². The molecule has 5 heteroatoms. The van der Waals surface area contributed by atoms with Crippen LogP contribution in [0.15, 0.2) is 59.6 Å². The van der Waals surface area contributed by atoms with Gasteiger partial charge in [-0.05, 0) is 23.3 Å². The van der Waals surface area contributed by atoms with Crippen LogP contribution in [-0.2, 0) is 6.42 Å². The SMILES string of the molecule is Clc1cccc(C=Nc2nnc(Cc3ccccc3)s2)c1. The van der Waals surface area contributed by atoms with Crippen molar-refractivity contribution in [2.24, 2.45) is 4.99 Å². The van der Waals surface area contributed by atoms with E-state index in [1.807, 2.05) is 42.5 Å². The van der Waals surface area contributed by atoms with Crippen molar-refractivity contribution in [2.45, 2.75) is 6.42 Å². The van der Waals surface area contributed by atoms with Gasteiger partial charge in [-0.15, -0.1) is 10.2 Å². The third-order valence-corrected chi connectivity index (χ3v) is 3.89. The minimum Gasteiger partial charge on any atom is -0.226 e. The van der Waals surface area contributed by atoms with E-state index in [-0.39, 0.29) is 0 Å². The minimum absolute atomic E-state index is 0.654. The summed E-state index contributed by atoms with van der Waals surface area (Å²) in [4.78, 5) is 4.34. The first kappa shape index (κ1) is 13.9. The molecule has 0 spiro atoms. The van der Waals surface area contributed by atoms with Crippen molar-refractivity contribution in [3.63, 3.8) is 0 Å². The van der Waals surface area contributed by atoms with Crippen molar-refractivity contribution in [2.75, 3.05) is 0 Å². The minimum atomic E-state index is 0.654. The van der Waals surface area contributed by atoms with Gasteiger partial charge < -0.3 is 0 Å². The summed E-state index contributed by atoms with van der Waals surface area (Å²) in [5, 5.41) is 10.6. The van der Waals surface area contributed by atoms with E-state index in [9.17, 15) is 0 Å². The van der Waals surface area contributed by atoms with Crippen LogP contribution in [0.1, 0.15) is 16.1 Å². The largest absolute Gasteiger partial charge is 0.231 e. The molecule has 1 aromatic heterocycles. The molecule has 0 fully saturated rings. The van der Waals surface area contributed by atoms with Crippen LogP contribution in [0.25, 0.3) is 0 Å². The van der Waals surface area contributed by atoms with Crippen molar-refractivity contribution < 1.29 is 0 Å². The van der Waals surface area contributed by atoms with Gasteiger partial charge in [-0.25, -0.2) is 4.99 Å². The average Bonchev–Trinajstić information content (AvgIpc) is 2.94. The van der Waals surface area contributed by atoms with Gasteiger partial charge in [-0.2, -0.15) is 0 Å². The van der Waals surface area contributed by atoms with Crippen LogP contribution in [0.5, 0.6) is 0 Å². The molecule has 0 saturated heterocycles. The maximum atomic E-state index is 5.93. The Morgan fingerprint density at radius 1 is 1.05 bits per heavy atom. The zero-order chi connectivity index (χ0) is 14.5. The fourth-order valence-electron chi connectivity index (χ4n) is 1.86. The highest BCUT2D eigenvalue weighted by Gasteiger charge is 2.03.